The third-order valence-corrected chi connectivity index (χ3v) is 9.36. The fraction of sp³-hybridized carbons (Fsp3) is 0.160. The summed E-state index contributed by atoms with van der Waals surface area (Å²) in [5.41, 5.74) is 9.51. The molecule has 61 heavy (non-hydrogen) atoms. The molecule has 11 heteroatoms. The lowest BCUT2D eigenvalue weighted by molar-refractivity contribution is -0.119. The number of fused-ring (bicyclic) bond motifs is 1. The summed E-state index contributed by atoms with van der Waals surface area (Å²) in [6.07, 6.45) is 1.64. The second kappa shape index (κ2) is 22.5. The van der Waals surface area contributed by atoms with Crippen LogP contribution in [0.1, 0.15) is 88.7 Å². The first-order valence-electron chi connectivity index (χ1n) is 19.5. The molecule has 5 amide bonds. The minimum atomic E-state index is -1.12. The van der Waals surface area contributed by atoms with Gasteiger partial charge in [-0.3, -0.25) is 24.0 Å². The van der Waals surface area contributed by atoms with Crippen LogP contribution in [-0.2, 0) is 22.4 Å². The van der Waals surface area contributed by atoms with Crippen LogP contribution in [0, 0.1) is 13.8 Å². The van der Waals surface area contributed by atoms with E-state index in [2.05, 4.69) is 78.3 Å². The Morgan fingerprint density at radius 2 is 0.852 bits per heavy atom. The van der Waals surface area contributed by atoms with Crippen LogP contribution in [-0.4, -0.2) is 54.7 Å². The number of amides is 5. The molecule has 6 aromatic carbocycles. The number of carboxylic acids is 1. The number of anilines is 2. The van der Waals surface area contributed by atoms with Gasteiger partial charge in [0, 0.05) is 33.6 Å². The van der Waals surface area contributed by atoms with E-state index in [1.807, 2.05) is 48.5 Å². The third-order valence-electron chi connectivity index (χ3n) is 9.36. The van der Waals surface area contributed by atoms with E-state index in [0.29, 0.717) is 22.5 Å². The summed E-state index contributed by atoms with van der Waals surface area (Å²) >= 11 is 0. The smallest absolute Gasteiger partial charge is 0.336 e. The Kier molecular flexibility index (Phi) is 17.0. The zero-order valence-electron chi connectivity index (χ0n) is 35.1. The molecule has 7 rings (SSSR count). The van der Waals surface area contributed by atoms with Gasteiger partial charge in [-0.1, -0.05) is 108 Å². The molecule has 0 aromatic heterocycles. The molecular formula is C50H50N4O7. The Labute approximate surface area is 356 Å². The Bertz CT molecular complexity index is 2410. The van der Waals surface area contributed by atoms with E-state index in [1.165, 1.54) is 53.1 Å². The van der Waals surface area contributed by atoms with Gasteiger partial charge < -0.3 is 21.1 Å². The molecule has 0 atom stereocenters. The van der Waals surface area contributed by atoms with Crippen LogP contribution < -0.4 is 20.9 Å². The van der Waals surface area contributed by atoms with E-state index in [0.717, 1.165) is 24.0 Å². The molecule has 0 saturated heterocycles. The maximum Gasteiger partial charge on any atom is 0.336 e. The number of hydrogen-bond acceptors (Lipinski definition) is 6. The van der Waals surface area contributed by atoms with Crippen molar-refractivity contribution in [3.8, 4) is 0 Å². The van der Waals surface area contributed by atoms with Crippen LogP contribution in [0.25, 0.3) is 0 Å². The molecule has 1 aliphatic heterocycles. The summed E-state index contributed by atoms with van der Waals surface area (Å²) in [7, 11) is 3.20. The summed E-state index contributed by atoms with van der Waals surface area (Å²) in [6.45, 7) is 7.07. The Balaban J connectivity index is 0.000000220. The van der Waals surface area contributed by atoms with Crippen molar-refractivity contribution < 1.29 is 33.9 Å². The van der Waals surface area contributed by atoms with E-state index < -0.39 is 11.9 Å². The fourth-order valence-corrected chi connectivity index (χ4v) is 5.84. The van der Waals surface area contributed by atoms with Gasteiger partial charge in [0.2, 0.25) is 11.8 Å². The number of aromatic carboxylic acids is 1. The van der Waals surface area contributed by atoms with Crippen LogP contribution in [0.4, 0.5) is 11.4 Å². The topological polar surface area (TPSA) is 162 Å². The third kappa shape index (κ3) is 13.7. The predicted molar refractivity (Wildman–Crippen MR) is 239 cm³/mol. The maximum absolute atomic E-state index is 12.5. The lowest BCUT2D eigenvalue weighted by Gasteiger charge is -2.14. The highest BCUT2D eigenvalue weighted by atomic mass is 16.4. The highest BCUT2D eigenvalue weighted by molar-refractivity contribution is 6.34. The van der Waals surface area contributed by atoms with Gasteiger partial charge in [-0.2, -0.15) is 0 Å². The van der Waals surface area contributed by atoms with Crippen molar-refractivity contribution in [2.45, 2.75) is 40.5 Å². The summed E-state index contributed by atoms with van der Waals surface area (Å²) in [6, 6.07) is 45.1. The molecular weight excluding hydrogens is 769 g/mol. The van der Waals surface area contributed by atoms with Gasteiger partial charge in [-0.15, -0.1) is 0 Å². The van der Waals surface area contributed by atoms with Crippen LogP contribution in [0.15, 0.2) is 146 Å². The molecule has 0 saturated carbocycles. The van der Waals surface area contributed by atoms with Gasteiger partial charge in [0.1, 0.15) is 0 Å². The number of aryl methyl sites for hydroxylation is 2. The van der Waals surface area contributed by atoms with E-state index in [4.69, 9.17) is 0 Å². The van der Waals surface area contributed by atoms with Gasteiger partial charge in [0.25, 0.3) is 17.7 Å². The summed E-state index contributed by atoms with van der Waals surface area (Å²) in [5.74, 6) is -2.06. The number of carboxylic acid groups (broad SMARTS) is 1. The van der Waals surface area contributed by atoms with Crippen molar-refractivity contribution >= 4 is 46.9 Å². The molecule has 11 nitrogen and oxygen atoms in total. The van der Waals surface area contributed by atoms with Crippen molar-refractivity contribution in [2.24, 2.45) is 0 Å². The lowest BCUT2D eigenvalue weighted by Crippen LogP contribution is -2.29. The van der Waals surface area contributed by atoms with Crippen molar-refractivity contribution in [3.63, 3.8) is 0 Å². The summed E-state index contributed by atoms with van der Waals surface area (Å²) in [5, 5.41) is 16.7. The summed E-state index contributed by atoms with van der Waals surface area (Å²) in [4.78, 5) is 69.3. The maximum atomic E-state index is 12.5. The van der Waals surface area contributed by atoms with Crippen LogP contribution in [0.5, 0.6) is 0 Å². The molecule has 1 heterocycles. The second-order valence-corrected chi connectivity index (χ2v) is 14.1. The first kappa shape index (κ1) is 46.0. The number of rotatable bonds is 8. The van der Waals surface area contributed by atoms with E-state index in [1.54, 1.807) is 50.5 Å². The van der Waals surface area contributed by atoms with Crippen molar-refractivity contribution in [2.75, 3.05) is 24.3 Å². The van der Waals surface area contributed by atoms with Gasteiger partial charge in [-0.25, -0.2) is 9.69 Å². The summed E-state index contributed by atoms with van der Waals surface area (Å²) < 4.78 is 0. The Morgan fingerprint density at radius 3 is 1.23 bits per heavy atom. The normalized spacial score (nSPS) is 11.0. The minimum Gasteiger partial charge on any atom is -0.478 e. The standard InChI is InChI=1S/C22H19NO3.C22H17NO2.2C3H7NO/c1-15-6-8-16(9-7-15)14-17-10-12-18(13-11-17)23-21(24)19-4-2-3-5-20(19)22(25)26;1-15-6-8-16(9-7-15)14-17-10-12-18(13-11-17)23-21(24)19-4-2-3-5-20(19)22(23)25;2*1-3(5)4-2/h2-13H,14H2,1H3,(H,23,24)(H,25,26);2-13H,14H2,1H3;2*1-2H3,(H,4,5). The largest absolute Gasteiger partial charge is 0.478 e. The van der Waals surface area contributed by atoms with Crippen molar-refractivity contribution in [1.82, 2.24) is 10.6 Å². The lowest BCUT2D eigenvalue weighted by atomic mass is 10.0. The monoisotopic (exact) mass is 818 g/mol. The molecule has 6 aromatic rings. The van der Waals surface area contributed by atoms with E-state index in [-0.39, 0.29) is 34.8 Å². The molecule has 0 fully saturated rings. The van der Waals surface area contributed by atoms with Gasteiger partial charge in [0.05, 0.1) is 27.9 Å². The number of carbonyl (C=O) groups excluding carboxylic acids is 5. The predicted octanol–water partition coefficient (Wildman–Crippen LogP) is 8.43. The highest BCUT2D eigenvalue weighted by Gasteiger charge is 2.36. The number of hydrogen-bond donors (Lipinski definition) is 4. The molecule has 0 unspecified atom stereocenters. The first-order valence-corrected chi connectivity index (χ1v) is 19.5. The first-order chi connectivity index (χ1) is 29.2. The average molecular weight is 819 g/mol. The minimum absolute atomic E-state index is 0.00463. The SMILES string of the molecule is CNC(C)=O.CNC(C)=O.Cc1ccc(Cc2ccc(N3C(=O)c4ccccc4C3=O)cc2)cc1.Cc1ccc(Cc2ccc(NC(=O)c3ccccc3C(=O)O)cc2)cc1. The van der Waals surface area contributed by atoms with Crippen molar-refractivity contribution in [1.29, 1.82) is 0 Å². The Hall–Kier alpha value is -7.66. The average Bonchev–Trinajstić information content (AvgIpc) is 3.52. The quantitative estimate of drug-likeness (QED) is 0.112. The number of nitrogens with one attached hydrogen (secondary N) is 3. The van der Waals surface area contributed by atoms with Crippen LogP contribution in [0.3, 0.4) is 0 Å². The number of carbonyl (C=O) groups is 6. The van der Waals surface area contributed by atoms with Gasteiger partial charge in [0.15, 0.2) is 0 Å². The number of imide groups is 1. The molecule has 0 radical (unpaired) electrons. The Morgan fingerprint density at radius 1 is 0.508 bits per heavy atom. The fourth-order valence-electron chi connectivity index (χ4n) is 5.84. The molecule has 0 spiro atoms. The van der Waals surface area contributed by atoms with Crippen LogP contribution >= 0.6 is 0 Å². The van der Waals surface area contributed by atoms with E-state index >= 15 is 0 Å². The molecule has 0 aliphatic carbocycles. The van der Waals surface area contributed by atoms with E-state index in [9.17, 15) is 33.9 Å². The molecule has 4 N–H and O–H groups in total. The number of benzene rings is 6. The molecule has 1 aliphatic rings. The zero-order chi connectivity index (χ0) is 44.5. The second-order valence-electron chi connectivity index (χ2n) is 14.1. The highest BCUT2D eigenvalue weighted by Crippen LogP contribution is 2.29. The number of nitrogens with zero attached hydrogens (tertiary/aromatic N) is 1. The zero-order valence-corrected chi connectivity index (χ0v) is 35.1. The molecule has 312 valence electrons. The van der Waals surface area contributed by atoms with Crippen molar-refractivity contribution in [3.05, 3.63) is 201 Å². The molecule has 0 bridgehead atoms. The van der Waals surface area contributed by atoms with Gasteiger partial charge in [-0.05, 0) is 97.5 Å². The van der Waals surface area contributed by atoms with Gasteiger partial charge >= 0.3 is 5.97 Å². The van der Waals surface area contributed by atoms with Crippen LogP contribution in [0.2, 0.25) is 0 Å².